The van der Waals surface area contributed by atoms with Gasteiger partial charge < -0.3 is 5.32 Å². The molecule has 3 heteroatoms. The molecule has 1 nitrogen and oxygen atoms in total. The number of rotatable bonds is 4. The van der Waals surface area contributed by atoms with Crippen LogP contribution in [-0.4, -0.2) is 0 Å². The van der Waals surface area contributed by atoms with E-state index >= 15 is 0 Å². The molecule has 0 saturated carbocycles. The molecule has 0 aliphatic carbocycles. The van der Waals surface area contributed by atoms with Crippen LogP contribution >= 0.6 is 34.2 Å². The van der Waals surface area contributed by atoms with E-state index in [-0.39, 0.29) is 11.5 Å². The molecule has 0 spiro atoms. The average molecular weight is 414 g/mol. The Balaban J connectivity index is 2.28. The summed E-state index contributed by atoms with van der Waals surface area (Å²) in [6.07, 6.45) is 1.04. The minimum atomic E-state index is 0.239. The third-order valence-corrected chi connectivity index (χ3v) is 4.26. The highest BCUT2D eigenvalue weighted by Gasteiger charge is 2.20. The van der Waals surface area contributed by atoms with E-state index in [2.05, 4.69) is 91.1 Å². The van der Waals surface area contributed by atoms with E-state index in [0.29, 0.717) is 0 Å². The lowest BCUT2D eigenvalue weighted by atomic mass is 9.85. The number of hydrogen-bond acceptors (Lipinski definition) is 1. The second-order valence-electron chi connectivity index (χ2n) is 6.50. The number of hydrogen-bond donors (Lipinski definition) is 1. The Kier molecular flexibility index (Phi) is 5.55. The van der Waals surface area contributed by atoms with Crippen LogP contribution in [0.5, 0.6) is 0 Å². The standard InChI is InChI=1S/C18H21ClIN/c1-18(2,3)12-17(13-7-5-4-6-8-13)21-16-10-9-14(20)11-15(16)19/h4-11,17,21H,12H2,1-3H3. The Morgan fingerprint density at radius 2 is 1.76 bits per heavy atom. The Labute approximate surface area is 146 Å². The van der Waals surface area contributed by atoms with E-state index in [4.69, 9.17) is 11.6 Å². The van der Waals surface area contributed by atoms with Crippen molar-refractivity contribution >= 4 is 39.9 Å². The van der Waals surface area contributed by atoms with Gasteiger partial charge in [0.2, 0.25) is 0 Å². The van der Waals surface area contributed by atoms with Crippen molar-refractivity contribution < 1.29 is 0 Å². The quantitative estimate of drug-likeness (QED) is 0.562. The van der Waals surface area contributed by atoms with Crippen LogP contribution in [0.4, 0.5) is 5.69 Å². The molecule has 0 radical (unpaired) electrons. The first-order chi connectivity index (χ1) is 9.85. The summed E-state index contributed by atoms with van der Waals surface area (Å²) in [5.41, 5.74) is 2.53. The van der Waals surface area contributed by atoms with Crippen molar-refractivity contribution in [3.8, 4) is 0 Å². The van der Waals surface area contributed by atoms with E-state index in [9.17, 15) is 0 Å². The van der Waals surface area contributed by atoms with Crippen LogP contribution in [0.1, 0.15) is 38.8 Å². The van der Waals surface area contributed by atoms with Crippen LogP contribution < -0.4 is 5.32 Å². The van der Waals surface area contributed by atoms with Crippen molar-refractivity contribution in [2.24, 2.45) is 5.41 Å². The molecule has 2 aromatic carbocycles. The summed E-state index contributed by atoms with van der Waals surface area (Å²) in [7, 11) is 0. The lowest BCUT2D eigenvalue weighted by Gasteiger charge is -2.28. The van der Waals surface area contributed by atoms with Crippen molar-refractivity contribution in [2.75, 3.05) is 5.32 Å². The largest absolute Gasteiger partial charge is 0.377 e. The molecule has 112 valence electrons. The Morgan fingerprint density at radius 1 is 1.10 bits per heavy atom. The normalized spacial score (nSPS) is 13.0. The molecule has 1 atom stereocenters. The molecule has 0 heterocycles. The summed E-state index contributed by atoms with van der Waals surface area (Å²) in [4.78, 5) is 0. The van der Waals surface area contributed by atoms with Gasteiger partial charge in [0.1, 0.15) is 0 Å². The summed E-state index contributed by atoms with van der Waals surface area (Å²) in [6, 6.07) is 16.9. The van der Waals surface area contributed by atoms with Gasteiger partial charge in [0, 0.05) is 3.57 Å². The van der Waals surface area contributed by atoms with Gasteiger partial charge in [0.25, 0.3) is 0 Å². The van der Waals surface area contributed by atoms with Crippen LogP contribution in [0.25, 0.3) is 0 Å². The van der Waals surface area contributed by atoms with Crippen molar-refractivity contribution in [1.82, 2.24) is 0 Å². The molecule has 0 saturated heterocycles. The van der Waals surface area contributed by atoms with Crippen molar-refractivity contribution in [3.63, 3.8) is 0 Å². The first kappa shape index (κ1) is 16.6. The Bertz CT molecular complexity index is 590. The van der Waals surface area contributed by atoms with Crippen molar-refractivity contribution in [2.45, 2.75) is 33.2 Å². The summed E-state index contributed by atoms with van der Waals surface area (Å²) >= 11 is 8.64. The van der Waals surface area contributed by atoms with E-state index in [1.165, 1.54) is 5.56 Å². The van der Waals surface area contributed by atoms with Crippen LogP contribution in [0.15, 0.2) is 48.5 Å². The average Bonchev–Trinajstić information content (AvgIpc) is 2.40. The van der Waals surface area contributed by atoms with Gasteiger partial charge in [-0.25, -0.2) is 0 Å². The van der Waals surface area contributed by atoms with Gasteiger partial charge in [-0.2, -0.15) is 0 Å². The second kappa shape index (κ2) is 7.01. The summed E-state index contributed by atoms with van der Waals surface area (Å²) in [5.74, 6) is 0. The highest BCUT2D eigenvalue weighted by atomic mass is 127. The maximum Gasteiger partial charge on any atom is 0.0648 e. The fourth-order valence-corrected chi connectivity index (χ4v) is 3.25. The molecule has 1 unspecified atom stereocenters. The minimum Gasteiger partial charge on any atom is -0.377 e. The number of halogens is 2. The molecular formula is C18H21ClIN. The Morgan fingerprint density at radius 3 is 2.33 bits per heavy atom. The molecule has 0 aliphatic heterocycles. The third kappa shape index (κ3) is 5.19. The van der Waals surface area contributed by atoms with Crippen LogP contribution in [0.2, 0.25) is 5.02 Å². The topological polar surface area (TPSA) is 12.0 Å². The summed E-state index contributed by atoms with van der Waals surface area (Å²) < 4.78 is 1.15. The highest BCUT2D eigenvalue weighted by molar-refractivity contribution is 14.1. The monoisotopic (exact) mass is 413 g/mol. The molecule has 0 bridgehead atoms. The van der Waals surface area contributed by atoms with Crippen LogP contribution in [0, 0.1) is 8.99 Å². The van der Waals surface area contributed by atoms with Gasteiger partial charge >= 0.3 is 0 Å². The van der Waals surface area contributed by atoms with Gasteiger partial charge in [-0.05, 0) is 58.2 Å². The maximum atomic E-state index is 6.36. The van der Waals surface area contributed by atoms with Gasteiger partial charge in [-0.1, -0.05) is 62.7 Å². The zero-order valence-electron chi connectivity index (χ0n) is 12.7. The fraction of sp³-hybridized carbons (Fsp3) is 0.333. The summed E-state index contributed by atoms with van der Waals surface area (Å²) in [6.45, 7) is 6.79. The van der Waals surface area contributed by atoms with Crippen LogP contribution in [-0.2, 0) is 0 Å². The Hall–Kier alpha value is -0.740. The molecule has 0 fully saturated rings. The lowest BCUT2D eigenvalue weighted by molar-refractivity contribution is 0.352. The minimum absolute atomic E-state index is 0.239. The predicted molar refractivity (Wildman–Crippen MR) is 101 cm³/mol. The first-order valence-corrected chi connectivity index (χ1v) is 8.57. The van der Waals surface area contributed by atoms with E-state index in [1.54, 1.807) is 0 Å². The SMILES string of the molecule is CC(C)(C)CC(Nc1ccc(I)cc1Cl)c1ccccc1. The number of anilines is 1. The number of nitrogens with one attached hydrogen (secondary N) is 1. The summed E-state index contributed by atoms with van der Waals surface area (Å²) in [5, 5.41) is 4.39. The molecule has 0 amide bonds. The van der Waals surface area contributed by atoms with Gasteiger partial charge in [0.15, 0.2) is 0 Å². The molecule has 0 aliphatic rings. The van der Waals surface area contributed by atoms with E-state index < -0.39 is 0 Å². The van der Waals surface area contributed by atoms with E-state index in [1.807, 2.05) is 6.07 Å². The molecular weight excluding hydrogens is 393 g/mol. The molecule has 2 rings (SSSR count). The van der Waals surface area contributed by atoms with Gasteiger partial charge in [-0.3, -0.25) is 0 Å². The molecule has 0 aromatic heterocycles. The van der Waals surface area contributed by atoms with Crippen molar-refractivity contribution in [3.05, 3.63) is 62.7 Å². The molecule has 21 heavy (non-hydrogen) atoms. The zero-order valence-corrected chi connectivity index (χ0v) is 15.6. The maximum absolute atomic E-state index is 6.36. The van der Waals surface area contributed by atoms with E-state index in [0.717, 1.165) is 20.7 Å². The number of benzene rings is 2. The third-order valence-electron chi connectivity index (χ3n) is 3.28. The first-order valence-electron chi connectivity index (χ1n) is 7.12. The second-order valence-corrected chi connectivity index (χ2v) is 8.15. The smallest absolute Gasteiger partial charge is 0.0648 e. The van der Waals surface area contributed by atoms with Crippen LogP contribution in [0.3, 0.4) is 0 Å². The molecule has 2 aromatic rings. The van der Waals surface area contributed by atoms with Gasteiger partial charge in [0.05, 0.1) is 16.8 Å². The van der Waals surface area contributed by atoms with Gasteiger partial charge in [-0.15, -0.1) is 0 Å². The zero-order chi connectivity index (χ0) is 15.5. The fourth-order valence-electron chi connectivity index (χ4n) is 2.34. The predicted octanol–water partition coefficient (Wildman–Crippen LogP) is 6.53. The van der Waals surface area contributed by atoms with Crippen molar-refractivity contribution in [1.29, 1.82) is 0 Å². The highest BCUT2D eigenvalue weighted by Crippen LogP contribution is 2.34. The molecule has 1 N–H and O–H groups in total. The lowest BCUT2D eigenvalue weighted by Crippen LogP contribution is -2.18.